The highest BCUT2D eigenvalue weighted by Gasteiger charge is 2.12. The fraction of sp³-hybridized carbons (Fsp3) is 0.500. The summed E-state index contributed by atoms with van der Waals surface area (Å²) in [7, 11) is 0. The number of carbonyl (C=O) groups is 2. The molecule has 1 aromatic carbocycles. The molecule has 21 heavy (non-hydrogen) atoms. The van der Waals surface area contributed by atoms with E-state index in [4.69, 9.17) is 4.74 Å². The van der Waals surface area contributed by atoms with Crippen molar-refractivity contribution >= 4 is 11.8 Å². The predicted molar refractivity (Wildman–Crippen MR) is 82.0 cm³/mol. The van der Waals surface area contributed by atoms with E-state index in [0.717, 1.165) is 12.8 Å². The van der Waals surface area contributed by atoms with Crippen LogP contribution in [0.3, 0.4) is 0 Å². The number of hydrogen-bond donors (Lipinski definition) is 2. The molecule has 0 radical (unpaired) electrons. The van der Waals surface area contributed by atoms with Crippen molar-refractivity contribution in [3.8, 4) is 5.75 Å². The molecule has 0 unspecified atom stereocenters. The molecule has 1 aromatic rings. The molecular weight excluding hydrogens is 268 g/mol. The van der Waals surface area contributed by atoms with E-state index in [1.165, 1.54) is 0 Å². The first-order valence-corrected chi connectivity index (χ1v) is 7.39. The Morgan fingerprint density at radius 2 is 1.67 bits per heavy atom. The van der Waals surface area contributed by atoms with Gasteiger partial charge in [0, 0.05) is 19.0 Å². The van der Waals surface area contributed by atoms with Crippen molar-refractivity contribution in [3.05, 3.63) is 30.3 Å². The zero-order chi connectivity index (χ0) is 15.5. The van der Waals surface area contributed by atoms with E-state index in [-0.39, 0.29) is 24.3 Å². The Morgan fingerprint density at radius 1 is 1.05 bits per heavy atom. The Balaban J connectivity index is 2.12. The zero-order valence-corrected chi connectivity index (χ0v) is 12.7. The minimum atomic E-state index is -0.198. The number of carbonyl (C=O) groups excluding carboxylic acids is 2. The molecule has 0 aliphatic rings. The van der Waals surface area contributed by atoms with Gasteiger partial charge in [0.05, 0.1) is 0 Å². The number of benzene rings is 1. The maximum atomic E-state index is 11.7. The van der Waals surface area contributed by atoms with E-state index in [1.807, 2.05) is 32.0 Å². The van der Waals surface area contributed by atoms with Crippen LogP contribution in [0.5, 0.6) is 5.75 Å². The predicted octanol–water partition coefficient (Wildman–Crippen LogP) is 1.73. The number of para-hydroxylation sites is 1. The first kappa shape index (κ1) is 17.0. The highest BCUT2D eigenvalue weighted by molar-refractivity contribution is 5.79. The molecule has 0 spiro atoms. The zero-order valence-electron chi connectivity index (χ0n) is 12.7. The Kier molecular flexibility index (Phi) is 7.94. The van der Waals surface area contributed by atoms with Crippen LogP contribution < -0.4 is 15.4 Å². The molecule has 0 saturated carbocycles. The van der Waals surface area contributed by atoms with Gasteiger partial charge in [-0.3, -0.25) is 9.59 Å². The van der Waals surface area contributed by atoms with Crippen LogP contribution in [0, 0.1) is 5.92 Å². The van der Waals surface area contributed by atoms with E-state index < -0.39 is 0 Å². The molecule has 0 aliphatic carbocycles. The van der Waals surface area contributed by atoms with Crippen molar-refractivity contribution in [2.24, 2.45) is 5.92 Å². The maximum Gasteiger partial charge on any atom is 0.258 e. The molecule has 5 nitrogen and oxygen atoms in total. The molecule has 116 valence electrons. The average Bonchev–Trinajstić information content (AvgIpc) is 2.52. The van der Waals surface area contributed by atoms with Gasteiger partial charge in [0.1, 0.15) is 5.75 Å². The fourth-order valence-electron chi connectivity index (χ4n) is 1.91. The number of ether oxygens (including phenoxy) is 1. The van der Waals surface area contributed by atoms with E-state index in [1.54, 1.807) is 12.1 Å². The van der Waals surface area contributed by atoms with Gasteiger partial charge in [-0.15, -0.1) is 0 Å². The number of hydrogen-bond acceptors (Lipinski definition) is 3. The summed E-state index contributed by atoms with van der Waals surface area (Å²) in [5, 5.41) is 5.52. The van der Waals surface area contributed by atoms with Crippen LogP contribution in [0.15, 0.2) is 30.3 Å². The number of amides is 2. The Labute approximate surface area is 126 Å². The summed E-state index contributed by atoms with van der Waals surface area (Å²) in [6.07, 6.45) is 1.67. The Morgan fingerprint density at radius 3 is 2.29 bits per heavy atom. The quantitative estimate of drug-likeness (QED) is 0.681. The summed E-state index contributed by atoms with van der Waals surface area (Å²) in [5.74, 6) is 0.572. The van der Waals surface area contributed by atoms with Crippen molar-refractivity contribution in [1.82, 2.24) is 10.6 Å². The van der Waals surface area contributed by atoms with Gasteiger partial charge in [-0.25, -0.2) is 0 Å². The van der Waals surface area contributed by atoms with Gasteiger partial charge in [0.15, 0.2) is 6.61 Å². The van der Waals surface area contributed by atoms with Gasteiger partial charge in [-0.1, -0.05) is 32.0 Å². The summed E-state index contributed by atoms with van der Waals surface area (Å²) < 4.78 is 5.32. The summed E-state index contributed by atoms with van der Waals surface area (Å²) in [6.45, 7) is 4.81. The lowest BCUT2D eigenvalue weighted by atomic mass is 10.0. The second-order valence-corrected chi connectivity index (χ2v) is 4.76. The van der Waals surface area contributed by atoms with Gasteiger partial charge in [0.2, 0.25) is 5.91 Å². The Hall–Kier alpha value is -2.04. The summed E-state index contributed by atoms with van der Waals surface area (Å²) in [5.41, 5.74) is 0. The van der Waals surface area contributed by atoms with Crippen LogP contribution in [0.2, 0.25) is 0 Å². The number of nitrogens with one attached hydrogen (secondary N) is 2. The van der Waals surface area contributed by atoms with Crippen LogP contribution in [0.1, 0.15) is 26.7 Å². The standard InChI is InChI=1S/C16H24N2O3/c1-3-13(4-2)16(20)18-11-10-17-15(19)12-21-14-8-6-5-7-9-14/h5-9,13H,3-4,10-12H2,1-2H3,(H,17,19)(H,18,20). The molecule has 0 heterocycles. The third-order valence-electron chi connectivity index (χ3n) is 3.22. The topological polar surface area (TPSA) is 67.4 Å². The minimum Gasteiger partial charge on any atom is -0.484 e. The number of rotatable bonds is 9. The van der Waals surface area contributed by atoms with Crippen molar-refractivity contribution in [1.29, 1.82) is 0 Å². The molecule has 0 saturated heterocycles. The summed E-state index contributed by atoms with van der Waals surface area (Å²) in [4.78, 5) is 23.3. The van der Waals surface area contributed by atoms with Gasteiger partial charge >= 0.3 is 0 Å². The van der Waals surface area contributed by atoms with Crippen LogP contribution in [-0.2, 0) is 9.59 Å². The van der Waals surface area contributed by atoms with Crippen LogP contribution >= 0.6 is 0 Å². The molecule has 5 heteroatoms. The molecule has 0 atom stereocenters. The van der Waals surface area contributed by atoms with E-state index in [0.29, 0.717) is 18.8 Å². The second-order valence-electron chi connectivity index (χ2n) is 4.76. The average molecular weight is 292 g/mol. The van der Waals surface area contributed by atoms with Crippen LogP contribution in [0.4, 0.5) is 0 Å². The first-order valence-electron chi connectivity index (χ1n) is 7.39. The summed E-state index contributed by atoms with van der Waals surface area (Å²) in [6, 6.07) is 9.17. The van der Waals surface area contributed by atoms with Crippen molar-refractivity contribution < 1.29 is 14.3 Å². The summed E-state index contributed by atoms with van der Waals surface area (Å²) >= 11 is 0. The largest absolute Gasteiger partial charge is 0.484 e. The second kappa shape index (κ2) is 9.80. The van der Waals surface area contributed by atoms with E-state index in [2.05, 4.69) is 10.6 Å². The molecule has 0 aliphatic heterocycles. The molecule has 2 N–H and O–H groups in total. The molecule has 0 bridgehead atoms. The SMILES string of the molecule is CCC(CC)C(=O)NCCNC(=O)COc1ccccc1. The van der Waals surface area contributed by atoms with Crippen LogP contribution in [0.25, 0.3) is 0 Å². The highest BCUT2D eigenvalue weighted by Crippen LogP contribution is 2.07. The third-order valence-corrected chi connectivity index (χ3v) is 3.22. The first-order chi connectivity index (χ1) is 10.2. The fourth-order valence-corrected chi connectivity index (χ4v) is 1.91. The minimum absolute atomic E-state index is 0.0233. The maximum absolute atomic E-state index is 11.7. The lowest BCUT2D eigenvalue weighted by Gasteiger charge is -2.13. The van der Waals surface area contributed by atoms with E-state index in [9.17, 15) is 9.59 Å². The Bertz CT molecular complexity index is 430. The van der Waals surface area contributed by atoms with Crippen molar-refractivity contribution in [2.45, 2.75) is 26.7 Å². The lowest BCUT2D eigenvalue weighted by Crippen LogP contribution is -2.38. The molecular formula is C16H24N2O3. The van der Waals surface area contributed by atoms with Gasteiger partial charge in [-0.2, -0.15) is 0 Å². The smallest absolute Gasteiger partial charge is 0.258 e. The third kappa shape index (κ3) is 6.79. The van der Waals surface area contributed by atoms with Gasteiger partial charge < -0.3 is 15.4 Å². The monoisotopic (exact) mass is 292 g/mol. The van der Waals surface area contributed by atoms with E-state index >= 15 is 0 Å². The molecule has 0 fully saturated rings. The van der Waals surface area contributed by atoms with Gasteiger partial charge in [0.25, 0.3) is 5.91 Å². The highest BCUT2D eigenvalue weighted by atomic mass is 16.5. The lowest BCUT2D eigenvalue weighted by molar-refractivity contribution is -0.126. The van der Waals surface area contributed by atoms with Crippen molar-refractivity contribution in [3.63, 3.8) is 0 Å². The van der Waals surface area contributed by atoms with Gasteiger partial charge in [-0.05, 0) is 25.0 Å². The van der Waals surface area contributed by atoms with Crippen molar-refractivity contribution in [2.75, 3.05) is 19.7 Å². The molecule has 2 amide bonds. The normalized spacial score (nSPS) is 10.2. The molecule has 0 aromatic heterocycles. The molecule has 1 rings (SSSR count). The van der Waals surface area contributed by atoms with Crippen LogP contribution in [-0.4, -0.2) is 31.5 Å².